The van der Waals surface area contributed by atoms with Crippen LogP contribution in [0.3, 0.4) is 0 Å². The minimum absolute atomic E-state index is 0.361. The number of rotatable bonds is 4. The van der Waals surface area contributed by atoms with Gasteiger partial charge in [0.1, 0.15) is 5.82 Å². The van der Waals surface area contributed by atoms with Gasteiger partial charge >= 0.3 is 0 Å². The number of nitrogens with one attached hydrogen (secondary N) is 1. The molecule has 1 aromatic heterocycles. The van der Waals surface area contributed by atoms with Crippen molar-refractivity contribution < 1.29 is 4.39 Å². The molecule has 1 atom stereocenters. The lowest BCUT2D eigenvalue weighted by Gasteiger charge is -2.17. The maximum Gasteiger partial charge on any atom is 0.129 e. The van der Waals surface area contributed by atoms with Crippen molar-refractivity contribution in [1.82, 2.24) is 10.4 Å². The van der Waals surface area contributed by atoms with Crippen molar-refractivity contribution in [3.63, 3.8) is 0 Å². The van der Waals surface area contributed by atoms with Crippen LogP contribution in [0.25, 0.3) is 0 Å². The van der Waals surface area contributed by atoms with Gasteiger partial charge in [-0.1, -0.05) is 17.7 Å². The van der Waals surface area contributed by atoms with Crippen molar-refractivity contribution in [2.45, 2.75) is 26.3 Å². The van der Waals surface area contributed by atoms with Gasteiger partial charge in [-0.05, 0) is 26.0 Å². The summed E-state index contributed by atoms with van der Waals surface area (Å²) in [5.41, 5.74) is 4.00. The molecule has 6 heteroatoms. The summed E-state index contributed by atoms with van der Waals surface area (Å²) in [5.74, 6) is 5.18. The molecule has 3 N–H and O–H groups in total. The fraction of sp³-hybridized carbons (Fsp3) is 0.308. The van der Waals surface area contributed by atoms with Gasteiger partial charge in [0.25, 0.3) is 0 Å². The van der Waals surface area contributed by atoms with E-state index < -0.39 is 6.04 Å². The van der Waals surface area contributed by atoms with Gasteiger partial charge in [-0.3, -0.25) is 11.3 Å². The van der Waals surface area contributed by atoms with E-state index >= 15 is 0 Å². The van der Waals surface area contributed by atoms with Crippen LogP contribution < -0.4 is 11.3 Å². The molecule has 0 aliphatic rings. The van der Waals surface area contributed by atoms with Crippen LogP contribution in [-0.4, -0.2) is 4.98 Å². The molecule has 19 heavy (non-hydrogen) atoms. The summed E-state index contributed by atoms with van der Waals surface area (Å²) in [5, 5.41) is 1.28. The lowest BCUT2D eigenvalue weighted by atomic mass is 10.0. The molecule has 0 fully saturated rings. The monoisotopic (exact) mass is 299 g/mol. The third-order valence-corrected chi connectivity index (χ3v) is 4.43. The normalized spacial score (nSPS) is 12.7. The Morgan fingerprint density at radius 2 is 2.21 bits per heavy atom. The van der Waals surface area contributed by atoms with Crippen LogP contribution in [0.4, 0.5) is 4.39 Å². The largest absolute Gasteiger partial charge is 0.271 e. The van der Waals surface area contributed by atoms with Gasteiger partial charge in [0.05, 0.1) is 16.7 Å². The van der Waals surface area contributed by atoms with Crippen molar-refractivity contribution in [2.24, 2.45) is 5.84 Å². The second kappa shape index (κ2) is 5.96. The Hall–Kier alpha value is -1.01. The molecule has 0 saturated heterocycles. The number of halogens is 2. The van der Waals surface area contributed by atoms with Gasteiger partial charge in [0.15, 0.2) is 0 Å². The maximum absolute atomic E-state index is 13.9. The first kappa shape index (κ1) is 14.4. The van der Waals surface area contributed by atoms with Gasteiger partial charge in [0, 0.05) is 21.9 Å². The van der Waals surface area contributed by atoms with Crippen LogP contribution >= 0.6 is 22.9 Å². The second-order valence-electron chi connectivity index (χ2n) is 4.31. The third kappa shape index (κ3) is 3.12. The molecule has 102 valence electrons. The Labute approximate surface area is 120 Å². The number of nitrogens with two attached hydrogens (primary N) is 1. The number of hydrogen-bond donors (Lipinski definition) is 2. The molecule has 2 aromatic rings. The first-order valence-electron chi connectivity index (χ1n) is 5.86. The number of aromatic nitrogens is 1. The number of benzene rings is 1. The van der Waals surface area contributed by atoms with Crippen molar-refractivity contribution in [3.05, 3.63) is 50.2 Å². The molecule has 2 rings (SSSR count). The summed E-state index contributed by atoms with van der Waals surface area (Å²) in [6, 6.07) is 4.22. The van der Waals surface area contributed by atoms with E-state index in [-0.39, 0.29) is 5.82 Å². The van der Waals surface area contributed by atoms with Crippen LogP contribution in [0.1, 0.15) is 27.2 Å². The van der Waals surface area contributed by atoms with E-state index in [9.17, 15) is 4.39 Å². The predicted octanol–water partition coefficient (Wildman–Crippen LogP) is 3.30. The van der Waals surface area contributed by atoms with E-state index in [0.717, 1.165) is 15.6 Å². The Kier molecular flexibility index (Phi) is 4.52. The van der Waals surface area contributed by atoms with E-state index in [2.05, 4.69) is 10.4 Å². The average molecular weight is 300 g/mol. The van der Waals surface area contributed by atoms with Gasteiger partial charge in [-0.25, -0.2) is 9.37 Å². The van der Waals surface area contributed by atoms with E-state index in [4.69, 9.17) is 17.4 Å². The molecule has 0 aliphatic carbocycles. The minimum Gasteiger partial charge on any atom is -0.271 e. The van der Waals surface area contributed by atoms with E-state index in [1.807, 2.05) is 13.8 Å². The molecule has 1 heterocycles. The first-order valence-corrected chi connectivity index (χ1v) is 7.05. The fourth-order valence-electron chi connectivity index (χ4n) is 1.89. The Balaban J connectivity index is 2.30. The molecular formula is C13H15ClFN3S. The fourth-order valence-corrected chi connectivity index (χ4v) is 3.16. The van der Waals surface area contributed by atoms with Gasteiger partial charge in [-0.15, -0.1) is 11.3 Å². The number of hydrazine groups is 1. The van der Waals surface area contributed by atoms with E-state index in [0.29, 0.717) is 17.0 Å². The van der Waals surface area contributed by atoms with Crippen molar-refractivity contribution in [3.8, 4) is 0 Å². The zero-order valence-electron chi connectivity index (χ0n) is 10.7. The topological polar surface area (TPSA) is 50.9 Å². The zero-order valence-corrected chi connectivity index (χ0v) is 12.3. The molecule has 0 spiro atoms. The van der Waals surface area contributed by atoms with Crippen molar-refractivity contribution >= 4 is 22.9 Å². The average Bonchev–Trinajstić information content (AvgIpc) is 2.67. The maximum atomic E-state index is 13.9. The quantitative estimate of drug-likeness (QED) is 0.673. The van der Waals surface area contributed by atoms with Crippen LogP contribution in [0.2, 0.25) is 5.02 Å². The summed E-state index contributed by atoms with van der Waals surface area (Å²) in [6.45, 7) is 3.97. The van der Waals surface area contributed by atoms with Gasteiger partial charge < -0.3 is 0 Å². The Bertz CT molecular complexity index is 546. The number of thiazole rings is 1. The molecule has 0 aliphatic heterocycles. The van der Waals surface area contributed by atoms with Crippen LogP contribution in [0.15, 0.2) is 18.2 Å². The zero-order chi connectivity index (χ0) is 14.0. The molecule has 1 unspecified atom stereocenters. The number of nitrogens with zero attached hydrogens (tertiary/aromatic N) is 1. The van der Waals surface area contributed by atoms with E-state index in [1.165, 1.54) is 6.07 Å². The predicted molar refractivity (Wildman–Crippen MR) is 76.8 cm³/mol. The lowest BCUT2D eigenvalue weighted by molar-refractivity contribution is 0.510. The number of hydrogen-bond acceptors (Lipinski definition) is 4. The van der Waals surface area contributed by atoms with Crippen molar-refractivity contribution in [2.75, 3.05) is 0 Å². The SMILES string of the molecule is Cc1nc(CC(NN)c2c(F)cccc2Cl)sc1C. The Morgan fingerprint density at radius 3 is 2.74 bits per heavy atom. The molecule has 0 bridgehead atoms. The standard InChI is InChI=1S/C13H15ClFN3S/c1-7-8(2)19-12(17-7)6-11(18-16)13-9(14)4-3-5-10(13)15/h3-5,11,18H,6,16H2,1-2H3. The smallest absolute Gasteiger partial charge is 0.129 e. The highest BCUT2D eigenvalue weighted by Crippen LogP contribution is 2.29. The summed E-state index contributed by atoms with van der Waals surface area (Å²) in [6.07, 6.45) is 0.510. The first-order chi connectivity index (χ1) is 9.02. The highest BCUT2D eigenvalue weighted by atomic mass is 35.5. The molecule has 3 nitrogen and oxygen atoms in total. The second-order valence-corrected chi connectivity index (χ2v) is 6.00. The van der Waals surface area contributed by atoms with E-state index in [1.54, 1.807) is 23.5 Å². The number of aryl methyl sites for hydroxylation is 2. The highest BCUT2D eigenvalue weighted by molar-refractivity contribution is 7.11. The third-order valence-electron chi connectivity index (χ3n) is 3.00. The Morgan fingerprint density at radius 1 is 1.47 bits per heavy atom. The van der Waals surface area contributed by atoms with Gasteiger partial charge in [-0.2, -0.15) is 0 Å². The van der Waals surface area contributed by atoms with Gasteiger partial charge in [0.2, 0.25) is 0 Å². The summed E-state index contributed by atoms with van der Waals surface area (Å²) < 4.78 is 13.9. The minimum atomic E-state index is -0.390. The van der Waals surface area contributed by atoms with Crippen LogP contribution in [0, 0.1) is 19.7 Å². The van der Waals surface area contributed by atoms with Crippen molar-refractivity contribution in [1.29, 1.82) is 0 Å². The van der Waals surface area contributed by atoms with Crippen LogP contribution in [-0.2, 0) is 6.42 Å². The summed E-state index contributed by atoms with van der Waals surface area (Å²) >= 11 is 7.65. The summed E-state index contributed by atoms with van der Waals surface area (Å²) in [7, 11) is 0. The molecule has 0 radical (unpaired) electrons. The van der Waals surface area contributed by atoms with Crippen LogP contribution in [0.5, 0.6) is 0 Å². The lowest BCUT2D eigenvalue weighted by Crippen LogP contribution is -2.30. The molecular weight excluding hydrogens is 285 g/mol. The molecule has 0 amide bonds. The molecule has 0 saturated carbocycles. The molecule has 1 aromatic carbocycles. The highest BCUT2D eigenvalue weighted by Gasteiger charge is 2.20. The summed E-state index contributed by atoms with van der Waals surface area (Å²) in [4.78, 5) is 5.60.